The molecule has 3 heterocycles. The first-order chi connectivity index (χ1) is 15.8. The van der Waals surface area contributed by atoms with Gasteiger partial charge in [0.25, 0.3) is 5.91 Å². The number of piperidine rings is 1. The van der Waals surface area contributed by atoms with Crippen molar-refractivity contribution in [3.05, 3.63) is 11.9 Å². The van der Waals surface area contributed by atoms with E-state index in [-0.39, 0.29) is 32.4 Å². The highest BCUT2D eigenvalue weighted by Gasteiger charge is 2.54. The molecule has 0 aromatic heterocycles. The number of esters is 1. The molecule has 5 aliphatic rings. The van der Waals surface area contributed by atoms with Crippen molar-refractivity contribution >= 4 is 29.5 Å². The minimum absolute atomic E-state index is 0. The molecule has 3 amide bonds. The highest BCUT2D eigenvalue weighted by molar-refractivity contribution is 6.38. The number of hydrogen-bond acceptors (Lipinski definition) is 6. The van der Waals surface area contributed by atoms with Crippen molar-refractivity contribution in [2.24, 2.45) is 11.3 Å². The van der Waals surface area contributed by atoms with Crippen LogP contribution in [0, 0.1) is 11.3 Å². The Morgan fingerprint density at radius 2 is 1.71 bits per heavy atom. The summed E-state index contributed by atoms with van der Waals surface area (Å²) in [5.41, 5.74) is -0.357. The number of hydrogen-bond donors (Lipinski definition) is 0. The van der Waals surface area contributed by atoms with E-state index in [4.69, 9.17) is 4.74 Å². The van der Waals surface area contributed by atoms with Crippen LogP contribution in [-0.4, -0.2) is 76.0 Å². The van der Waals surface area contributed by atoms with Gasteiger partial charge >= 0.3 is 5.97 Å². The second kappa shape index (κ2) is 9.15. The Balaban J connectivity index is 0.00000274. The first kappa shape index (κ1) is 24.4. The molecule has 9 nitrogen and oxygen atoms in total. The van der Waals surface area contributed by atoms with E-state index in [0.29, 0.717) is 43.8 Å². The third kappa shape index (κ3) is 4.14. The number of nitrogens with zero attached hydrogens (tertiary/aromatic N) is 3. The minimum Gasteiger partial charge on any atom is -0.465 e. The van der Waals surface area contributed by atoms with Crippen LogP contribution in [0.5, 0.6) is 0 Å². The third-order valence-corrected chi connectivity index (χ3v) is 7.91. The lowest BCUT2D eigenvalue weighted by atomic mass is 9.80. The van der Waals surface area contributed by atoms with Crippen LogP contribution < -0.4 is 0 Å². The van der Waals surface area contributed by atoms with Crippen molar-refractivity contribution < 1.29 is 28.7 Å². The Bertz CT molecular complexity index is 933. The minimum atomic E-state index is -1.01. The fourth-order valence-electron chi connectivity index (χ4n) is 5.89. The van der Waals surface area contributed by atoms with Gasteiger partial charge in [-0.2, -0.15) is 0 Å². The molecule has 34 heavy (non-hydrogen) atoms. The lowest BCUT2D eigenvalue weighted by Gasteiger charge is -2.52. The zero-order valence-electron chi connectivity index (χ0n) is 19.1. The predicted molar refractivity (Wildman–Crippen MR) is 122 cm³/mol. The molecule has 2 saturated carbocycles. The summed E-state index contributed by atoms with van der Waals surface area (Å²) in [5.74, 6) is -1.56. The van der Waals surface area contributed by atoms with Gasteiger partial charge in [0.15, 0.2) is 0 Å². The summed E-state index contributed by atoms with van der Waals surface area (Å²) >= 11 is 0. The van der Waals surface area contributed by atoms with Crippen molar-refractivity contribution in [2.45, 2.75) is 84.2 Å². The van der Waals surface area contributed by atoms with E-state index in [1.807, 2.05) is 0 Å². The van der Waals surface area contributed by atoms with Crippen LogP contribution in [0.3, 0.4) is 0 Å². The second-order valence-corrected chi connectivity index (χ2v) is 10.2. The first-order valence-corrected chi connectivity index (χ1v) is 12.1. The monoisotopic (exact) mass is 473 g/mol. The lowest BCUT2D eigenvalue weighted by molar-refractivity contribution is -0.165. The van der Waals surface area contributed by atoms with Gasteiger partial charge in [-0.05, 0) is 50.9 Å². The highest BCUT2D eigenvalue weighted by Crippen LogP contribution is 2.43. The van der Waals surface area contributed by atoms with Gasteiger partial charge in [0.05, 0.1) is 17.2 Å². The van der Waals surface area contributed by atoms with E-state index in [2.05, 4.69) is 0 Å². The molecule has 2 bridgehead atoms. The second-order valence-electron chi connectivity index (χ2n) is 10.2. The molecular formula is C25H35N3O6. The van der Waals surface area contributed by atoms with Gasteiger partial charge in [-0.3, -0.25) is 24.0 Å². The number of amides is 3. The van der Waals surface area contributed by atoms with Gasteiger partial charge in [-0.1, -0.05) is 20.3 Å². The summed E-state index contributed by atoms with van der Waals surface area (Å²) in [6.07, 6.45) is 8.44. The molecule has 0 aromatic carbocycles. The van der Waals surface area contributed by atoms with Crippen molar-refractivity contribution in [3.63, 3.8) is 0 Å². The van der Waals surface area contributed by atoms with Gasteiger partial charge in [0, 0.05) is 19.7 Å². The number of piperazine rings is 1. The summed E-state index contributed by atoms with van der Waals surface area (Å²) in [4.78, 5) is 69.3. The first-order valence-electron chi connectivity index (χ1n) is 12.1. The maximum atomic E-state index is 13.7. The smallest absolute Gasteiger partial charge is 0.302 e. The number of carbonyl (C=O) groups excluding carboxylic acids is 5. The van der Waals surface area contributed by atoms with Crippen molar-refractivity contribution in [2.75, 3.05) is 19.7 Å². The van der Waals surface area contributed by atoms with Gasteiger partial charge in [-0.15, -0.1) is 0 Å². The maximum Gasteiger partial charge on any atom is 0.302 e. The molecule has 9 heteroatoms. The van der Waals surface area contributed by atoms with E-state index in [1.54, 1.807) is 11.1 Å². The number of rotatable bonds is 6. The molecule has 4 fully saturated rings. The van der Waals surface area contributed by atoms with Crippen molar-refractivity contribution in [3.8, 4) is 0 Å². The van der Waals surface area contributed by atoms with Crippen molar-refractivity contribution in [1.29, 1.82) is 0 Å². The number of fused-ring (bicyclic) bond motifs is 4. The molecule has 0 aromatic rings. The van der Waals surface area contributed by atoms with Crippen LogP contribution in [0.2, 0.25) is 0 Å². The molecule has 2 saturated heterocycles. The molecule has 2 unspecified atom stereocenters. The van der Waals surface area contributed by atoms with Gasteiger partial charge in [0.1, 0.15) is 19.2 Å². The maximum absolute atomic E-state index is 13.7. The number of Topliss-reactive ketones (excluding diaryl/α,β-unsaturated/α-hetero) is 1. The molecule has 2 aliphatic carbocycles. The van der Waals surface area contributed by atoms with Crippen molar-refractivity contribution in [1.82, 2.24) is 14.7 Å². The highest BCUT2D eigenvalue weighted by atomic mass is 16.5. The van der Waals surface area contributed by atoms with Gasteiger partial charge in [0.2, 0.25) is 17.6 Å². The Kier molecular flexibility index (Phi) is 6.57. The zero-order valence-corrected chi connectivity index (χ0v) is 19.1. The van der Waals surface area contributed by atoms with E-state index >= 15 is 0 Å². The molecule has 2 atom stereocenters. The number of carbonyl (C=O) groups is 5. The molecule has 0 N–H and O–H groups in total. The largest absolute Gasteiger partial charge is 0.465 e. The Morgan fingerprint density at radius 3 is 2.35 bits per heavy atom. The van der Waals surface area contributed by atoms with Crippen LogP contribution in [-0.2, 0) is 28.7 Å². The van der Waals surface area contributed by atoms with E-state index < -0.39 is 35.2 Å². The fraction of sp³-hybridized carbons (Fsp3) is 0.720. The Hall–Kier alpha value is -2.71. The normalized spacial score (nSPS) is 27.6. The predicted octanol–water partition coefficient (Wildman–Crippen LogP) is 2.00. The average molecular weight is 474 g/mol. The van der Waals surface area contributed by atoms with Crippen LogP contribution in [0.4, 0.5) is 0 Å². The quantitative estimate of drug-likeness (QED) is 0.432. The Morgan fingerprint density at radius 1 is 1.03 bits per heavy atom. The number of ether oxygens (including phenoxy) is 1. The van der Waals surface area contributed by atoms with E-state index in [1.165, 1.54) is 16.7 Å². The Labute approximate surface area is 200 Å². The van der Waals surface area contributed by atoms with Gasteiger partial charge < -0.3 is 19.4 Å². The van der Waals surface area contributed by atoms with Crippen LogP contribution in [0.15, 0.2) is 11.9 Å². The summed E-state index contributed by atoms with van der Waals surface area (Å²) in [6.45, 7) is 1.83. The van der Waals surface area contributed by atoms with Crippen LogP contribution in [0.1, 0.15) is 72.1 Å². The lowest BCUT2D eigenvalue weighted by Crippen LogP contribution is -2.68. The van der Waals surface area contributed by atoms with Crippen LogP contribution in [0.25, 0.3) is 0 Å². The van der Waals surface area contributed by atoms with E-state index in [0.717, 1.165) is 32.1 Å². The third-order valence-electron chi connectivity index (χ3n) is 7.91. The summed E-state index contributed by atoms with van der Waals surface area (Å²) in [6, 6.07) is -1.13. The molecule has 0 spiro atoms. The van der Waals surface area contributed by atoms with Gasteiger partial charge in [-0.25, -0.2) is 0 Å². The van der Waals surface area contributed by atoms with Crippen LogP contribution >= 0.6 is 0 Å². The summed E-state index contributed by atoms with van der Waals surface area (Å²) in [7, 11) is 0. The topological polar surface area (TPSA) is 104 Å². The molecule has 5 rings (SSSR count). The summed E-state index contributed by atoms with van der Waals surface area (Å²) in [5, 5.41) is 0. The van der Waals surface area contributed by atoms with E-state index in [9.17, 15) is 24.0 Å². The molecular weight excluding hydrogens is 438 g/mol. The molecule has 186 valence electrons. The SMILES string of the molecule is C.CC(=O)OCC1(C(=O)C(=O)N2C3CCCC2C2=CN(CC4CC4)C(=O)CN2C3=O)CCCC1. The average Bonchev–Trinajstić information content (AvgIpc) is 3.49. The molecule has 0 radical (unpaired) electrons. The fourth-order valence-corrected chi connectivity index (χ4v) is 5.89. The standard InChI is InChI=1S/C24H31N3O6.CH4/c1-15(28)33-14-24(9-2-3-10-24)21(30)23(32)27-17-5-4-6-18(27)22(31)26-13-20(29)25(12-19(17)26)11-16-7-8-16;/h12,16-18H,2-11,13-14H2,1H3;1H4. The molecule has 3 aliphatic heterocycles. The zero-order chi connectivity index (χ0) is 23.3. The number of ketones is 1. The summed E-state index contributed by atoms with van der Waals surface area (Å²) < 4.78 is 5.20.